The van der Waals surface area contributed by atoms with Crippen LogP contribution in [0, 0.1) is 0 Å². The van der Waals surface area contributed by atoms with Crippen LogP contribution in [-0.2, 0) is 0 Å². The third-order valence-electron chi connectivity index (χ3n) is 0. The summed E-state index contributed by atoms with van der Waals surface area (Å²) >= 11 is 8.63. The smallest absolute Gasteiger partial charge is 0.0695 e. The molecule has 0 saturated heterocycles. The normalized spacial score (nSPS) is 6.25. The Morgan fingerprint density at radius 2 is 1.00 bits per heavy atom. The maximum atomic E-state index is 4.84. The van der Waals surface area contributed by atoms with Crippen molar-refractivity contribution in [3.63, 3.8) is 0 Å². The molecule has 0 aliphatic rings. The van der Waals surface area contributed by atoms with Crippen molar-refractivity contribution in [2.24, 2.45) is 11.5 Å². The van der Waals surface area contributed by atoms with Gasteiger partial charge in [-0.05, 0) is 13.8 Å². The van der Waals surface area contributed by atoms with Gasteiger partial charge in [-0.25, -0.2) is 0 Å². The second-order valence-corrected chi connectivity index (χ2v) is 2.51. The minimum absolute atomic E-state index is 0.500. The van der Waals surface area contributed by atoms with Crippen LogP contribution >= 0.6 is 24.4 Å². The first-order valence-corrected chi connectivity index (χ1v) is 2.80. The molecule has 0 aromatic rings. The molecule has 0 aliphatic heterocycles. The van der Waals surface area contributed by atoms with Crippen molar-refractivity contribution >= 4 is 34.4 Å². The maximum Gasteiger partial charge on any atom is 0.0695 e. The minimum Gasteiger partial charge on any atom is -0.394 e. The van der Waals surface area contributed by atoms with E-state index >= 15 is 0 Å². The van der Waals surface area contributed by atoms with Crippen LogP contribution in [0.5, 0.6) is 0 Å². The Morgan fingerprint density at radius 1 is 1.00 bits per heavy atom. The van der Waals surface area contributed by atoms with Gasteiger partial charge >= 0.3 is 0 Å². The Labute approximate surface area is 60.2 Å². The lowest BCUT2D eigenvalue weighted by Gasteiger charge is -1.65. The van der Waals surface area contributed by atoms with Gasteiger partial charge in [-0.15, -0.1) is 0 Å². The fourth-order valence-corrected chi connectivity index (χ4v) is 0. The molecule has 0 rings (SSSR count). The number of rotatable bonds is 0. The molecule has 4 N–H and O–H groups in total. The Kier molecular flexibility index (Phi) is 9.07. The van der Waals surface area contributed by atoms with E-state index in [1.165, 1.54) is 0 Å². The van der Waals surface area contributed by atoms with Crippen LogP contribution in [0.4, 0.5) is 0 Å². The molecule has 0 radical (unpaired) electrons. The molecule has 0 amide bonds. The summed E-state index contributed by atoms with van der Waals surface area (Å²) < 4.78 is 0. The molecule has 0 aromatic heterocycles. The molecule has 2 nitrogen and oxygen atoms in total. The molecule has 0 bridgehead atoms. The standard InChI is InChI=1S/2C2H5NS/c2*1-2(3)4/h2*1H3,(H2,3,4). The Morgan fingerprint density at radius 3 is 1.00 bits per heavy atom. The van der Waals surface area contributed by atoms with Crippen molar-refractivity contribution < 1.29 is 0 Å². The van der Waals surface area contributed by atoms with Crippen LogP contribution in [0.3, 0.4) is 0 Å². The summed E-state index contributed by atoms with van der Waals surface area (Å²) in [5.41, 5.74) is 9.69. The van der Waals surface area contributed by atoms with Crippen molar-refractivity contribution in [2.45, 2.75) is 13.8 Å². The monoisotopic (exact) mass is 150 g/mol. The topological polar surface area (TPSA) is 52.0 Å². The van der Waals surface area contributed by atoms with E-state index in [2.05, 4.69) is 24.4 Å². The van der Waals surface area contributed by atoms with Gasteiger partial charge in [0.1, 0.15) is 0 Å². The maximum absolute atomic E-state index is 4.84. The molecular weight excluding hydrogens is 140 g/mol. The molecular formula is C4H10N2S2. The van der Waals surface area contributed by atoms with Crippen LogP contribution in [0.25, 0.3) is 0 Å². The summed E-state index contributed by atoms with van der Waals surface area (Å²) in [7, 11) is 0. The van der Waals surface area contributed by atoms with Crippen LogP contribution in [0.15, 0.2) is 0 Å². The van der Waals surface area contributed by atoms with E-state index in [1.54, 1.807) is 13.8 Å². The second-order valence-electron chi connectivity index (χ2n) is 1.22. The number of nitrogens with two attached hydrogens (primary N) is 2. The number of thiocarbonyl (C=S) groups is 2. The lowest BCUT2D eigenvalue weighted by Crippen LogP contribution is -1.98. The third-order valence-corrected chi connectivity index (χ3v) is 0. The molecule has 0 unspecified atom stereocenters. The van der Waals surface area contributed by atoms with E-state index in [4.69, 9.17) is 11.5 Å². The van der Waals surface area contributed by atoms with Crippen molar-refractivity contribution in [1.82, 2.24) is 0 Å². The molecule has 0 aromatic carbocycles. The first-order valence-electron chi connectivity index (χ1n) is 1.99. The predicted molar refractivity (Wildman–Crippen MR) is 44.9 cm³/mol. The molecule has 0 fully saturated rings. The largest absolute Gasteiger partial charge is 0.394 e. The molecule has 4 heteroatoms. The first-order chi connectivity index (χ1) is 3.46. The summed E-state index contributed by atoms with van der Waals surface area (Å²) in [6, 6.07) is 0. The minimum atomic E-state index is 0.500. The predicted octanol–water partition coefficient (Wildman–Crippen LogP) is 0.585. The van der Waals surface area contributed by atoms with E-state index in [1.807, 2.05) is 0 Å². The van der Waals surface area contributed by atoms with E-state index in [0.717, 1.165) is 0 Å². The van der Waals surface area contributed by atoms with E-state index in [-0.39, 0.29) is 0 Å². The molecule has 8 heavy (non-hydrogen) atoms. The summed E-state index contributed by atoms with van der Waals surface area (Å²) in [6.45, 7) is 3.35. The molecule has 0 heterocycles. The summed E-state index contributed by atoms with van der Waals surface area (Å²) in [5, 5.41) is 0. The Hall–Kier alpha value is -0.220. The molecule has 0 atom stereocenters. The number of hydrogen-bond acceptors (Lipinski definition) is 2. The third kappa shape index (κ3) is 2730. The molecule has 0 aliphatic carbocycles. The Balaban J connectivity index is 0. The van der Waals surface area contributed by atoms with E-state index in [0.29, 0.717) is 9.98 Å². The van der Waals surface area contributed by atoms with Gasteiger partial charge in [-0.1, -0.05) is 24.4 Å². The zero-order chi connectivity index (χ0) is 7.15. The lowest BCUT2D eigenvalue weighted by molar-refractivity contribution is 1.73. The van der Waals surface area contributed by atoms with E-state index in [9.17, 15) is 0 Å². The fraction of sp³-hybridized carbons (Fsp3) is 0.500. The van der Waals surface area contributed by atoms with Crippen molar-refractivity contribution in [1.29, 1.82) is 0 Å². The van der Waals surface area contributed by atoms with Gasteiger partial charge in [-0.3, -0.25) is 0 Å². The lowest BCUT2D eigenvalue weighted by atomic mass is 10.8. The Bertz CT molecular complexity index is 70.0. The van der Waals surface area contributed by atoms with Crippen LogP contribution in [-0.4, -0.2) is 9.98 Å². The summed E-state index contributed by atoms with van der Waals surface area (Å²) in [6.07, 6.45) is 0. The van der Waals surface area contributed by atoms with Crippen LogP contribution < -0.4 is 11.5 Å². The highest BCUT2D eigenvalue weighted by Gasteiger charge is 1.55. The van der Waals surface area contributed by atoms with Gasteiger partial charge in [-0.2, -0.15) is 0 Å². The summed E-state index contributed by atoms with van der Waals surface area (Å²) in [4.78, 5) is 1.00. The highest BCUT2D eigenvalue weighted by Crippen LogP contribution is 1.48. The summed E-state index contributed by atoms with van der Waals surface area (Å²) in [5.74, 6) is 0. The highest BCUT2D eigenvalue weighted by atomic mass is 32.1. The van der Waals surface area contributed by atoms with E-state index < -0.39 is 0 Å². The van der Waals surface area contributed by atoms with Gasteiger partial charge in [0.15, 0.2) is 0 Å². The SMILES string of the molecule is CC(N)=S.CC(N)=S. The molecule has 0 saturated carbocycles. The van der Waals surface area contributed by atoms with Gasteiger partial charge in [0, 0.05) is 0 Å². The van der Waals surface area contributed by atoms with Crippen molar-refractivity contribution in [2.75, 3.05) is 0 Å². The fourth-order valence-electron chi connectivity index (χ4n) is 0. The average Bonchev–Trinajstić information content (AvgIpc) is 1.25. The number of hydrogen-bond donors (Lipinski definition) is 2. The average molecular weight is 150 g/mol. The van der Waals surface area contributed by atoms with Crippen molar-refractivity contribution in [3.8, 4) is 0 Å². The van der Waals surface area contributed by atoms with Crippen LogP contribution in [0.2, 0.25) is 0 Å². The first kappa shape index (κ1) is 10.7. The zero-order valence-electron chi connectivity index (χ0n) is 4.97. The van der Waals surface area contributed by atoms with Gasteiger partial charge in [0.2, 0.25) is 0 Å². The van der Waals surface area contributed by atoms with Crippen molar-refractivity contribution in [3.05, 3.63) is 0 Å². The molecule has 0 spiro atoms. The highest BCUT2D eigenvalue weighted by molar-refractivity contribution is 7.80. The zero-order valence-corrected chi connectivity index (χ0v) is 6.60. The quantitative estimate of drug-likeness (QED) is 0.496. The van der Waals surface area contributed by atoms with Gasteiger partial charge in [0.05, 0.1) is 9.98 Å². The molecule has 48 valence electrons. The van der Waals surface area contributed by atoms with Crippen LogP contribution in [0.1, 0.15) is 13.8 Å². The van der Waals surface area contributed by atoms with Gasteiger partial charge in [0.25, 0.3) is 0 Å². The van der Waals surface area contributed by atoms with Gasteiger partial charge < -0.3 is 11.5 Å². The second kappa shape index (κ2) is 6.78.